The van der Waals surface area contributed by atoms with Crippen molar-refractivity contribution in [3.05, 3.63) is 72.2 Å². The number of para-hydroxylation sites is 1. The number of hydrogen-bond donors (Lipinski definition) is 1. The summed E-state index contributed by atoms with van der Waals surface area (Å²) in [6, 6.07) is 16.4. The minimum absolute atomic E-state index is 0.0701. The number of aromatic nitrogens is 2. The number of hydrogen-bond acceptors (Lipinski definition) is 5. The lowest BCUT2D eigenvalue weighted by Crippen LogP contribution is -2.00. The van der Waals surface area contributed by atoms with Crippen molar-refractivity contribution >= 4 is 11.4 Å². The van der Waals surface area contributed by atoms with Gasteiger partial charge in [0.2, 0.25) is 0 Å². The molecule has 3 aromatic rings. The highest BCUT2D eigenvalue weighted by molar-refractivity contribution is 6.15. The van der Waals surface area contributed by atoms with Crippen molar-refractivity contribution in [2.75, 3.05) is 0 Å². The maximum atomic E-state index is 10.6. The molecular weight excluding hydrogens is 300 g/mol. The summed E-state index contributed by atoms with van der Waals surface area (Å²) in [5.74, 6) is -0.0701. The molecule has 3 rings (SSSR count). The molecule has 0 saturated heterocycles. The summed E-state index contributed by atoms with van der Waals surface area (Å²) in [6.45, 7) is 1.86. The third kappa shape index (κ3) is 3.13. The van der Waals surface area contributed by atoms with E-state index in [0.717, 1.165) is 11.3 Å². The largest absolute Gasteiger partial charge is 0.505 e. The smallest absolute Gasteiger partial charge is 0.152 e. The lowest BCUT2D eigenvalue weighted by Gasteiger charge is -2.08. The van der Waals surface area contributed by atoms with Crippen LogP contribution in [0.25, 0.3) is 11.3 Å². The van der Waals surface area contributed by atoms with E-state index >= 15 is 0 Å². The molecule has 0 aliphatic heterocycles. The van der Waals surface area contributed by atoms with E-state index in [1.807, 2.05) is 37.3 Å². The van der Waals surface area contributed by atoms with E-state index in [1.54, 1.807) is 36.7 Å². The van der Waals surface area contributed by atoms with Gasteiger partial charge in [-0.3, -0.25) is 9.97 Å². The van der Waals surface area contributed by atoms with Crippen molar-refractivity contribution < 1.29 is 5.11 Å². The van der Waals surface area contributed by atoms with Gasteiger partial charge in [0.25, 0.3) is 0 Å². The first-order valence-corrected chi connectivity index (χ1v) is 7.34. The molecule has 0 aliphatic carbocycles. The number of nitriles is 1. The van der Waals surface area contributed by atoms with Crippen molar-refractivity contribution in [3.8, 4) is 23.1 Å². The van der Waals surface area contributed by atoms with Crippen LogP contribution in [0.4, 0.5) is 5.69 Å². The summed E-state index contributed by atoms with van der Waals surface area (Å²) >= 11 is 0. The molecule has 0 fully saturated rings. The second kappa shape index (κ2) is 6.71. The van der Waals surface area contributed by atoms with Gasteiger partial charge in [-0.1, -0.05) is 18.2 Å². The SMILES string of the molecule is Cc1cc(-c2nccc(C(C#N)=Nc3ccccc3)c2O)ccn1. The average Bonchev–Trinajstić information content (AvgIpc) is 2.61. The van der Waals surface area contributed by atoms with E-state index < -0.39 is 0 Å². The van der Waals surface area contributed by atoms with Crippen LogP contribution in [-0.2, 0) is 0 Å². The van der Waals surface area contributed by atoms with Crippen LogP contribution in [0, 0.1) is 18.3 Å². The number of rotatable bonds is 3. The Morgan fingerprint density at radius 1 is 1.08 bits per heavy atom. The van der Waals surface area contributed by atoms with Gasteiger partial charge in [0.15, 0.2) is 11.5 Å². The fraction of sp³-hybridized carbons (Fsp3) is 0.0526. The first-order chi connectivity index (χ1) is 11.7. The Bertz CT molecular complexity index is 943. The monoisotopic (exact) mass is 314 g/mol. The molecule has 116 valence electrons. The molecule has 2 heterocycles. The summed E-state index contributed by atoms with van der Waals surface area (Å²) in [6.07, 6.45) is 3.21. The highest BCUT2D eigenvalue weighted by Crippen LogP contribution is 2.31. The van der Waals surface area contributed by atoms with Gasteiger partial charge in [-0.15, -0.1) is 0 Å². The molecular formula is C19H14N4O. The molecule has 0 saturated carbocycles. The topological polar surface area (TPSA) is 82.2 Å². The Labute approximate surface area is 139 Å². The van der Waals surface area contributed by atoms with Crippen LogP contribution in [0.1, 0.15) is 11.3 Å². The summed E-state index contributed by atoms with van der Waals surface area (Å²) < 4.78 is 0. The van der Waals surface area contributed by atoms with E-state index in [1.165, 1.54) is 0 Å². The van der Waals surface area contributed by atoms with Crippen molar-refractivity contribution in [1.82, 2.24) is 9.97 Å². The lowest BCUT2D eigenvalue weighted by molar-refractivity contribution is 0.474. The van der Waals surface area contributed by atoms with E-state index in [-0.39, 0.29) is 11.5 Å². The minimum Gasteiger partial charge on any atom is -0.505 e. The maximum Gasteiger partial charge on any atom is 0.152 e. The first-order valence-electron chi connectivity index (χ1n) is 7.34. The Hall–Kier alpha value is -3.52. The number of aryl methyl sites for hydroxylation is 1. The maximum absolute atomic E-state index is 10.6. The fourth-order valence-corrected chi connectivity index (χ4v) is 2.33. The molecule has 1 N–H and O–H groups in total. The van der Waals surface area contributed by atoms with Gasteiger partial charge in [-0.2, -0.15) is 5.26 Å². The predicted octanol–water partition coefficient (Wildman–Crippen LogP) is 3.80. The van der Waals surface area contributed by atoms with Gasteiger partial charge in [-0.05, 0) is 37.3 Å². The standard InChI is InChI=1S/C19H14N4O/c1-13-11-14(7-9-21-13)18-19(24)16(8-10-22-18)17(12-20)23-15-5-3-2-4-6-15/h2-11,24H,1H3. The molecule has 5 heteroatoms. The van der Waals surface area contributed by atoms with Gasteiger partial charge in [0.1, 0.15) is 11.8 Å². The van der Waals surface area contributed by atoms with Gasteiger partial charge in [0.05, 0.1) is 11.3 Å². The number of aromatic hydroxyl groups is 1. The molecule has 0 atom stereocenters. The van der Waals surface area contributed by atoms with Gasteiger partial charge in [0, 0.05) is 23.7 Å². The second-order valence-electron chi connectivity index (χ2n) is 5.15. The van der Waals surface area contributed by atoms with Crippen molar-refractivity contribution in [2.45, 2.75) is 6.92 Å². The normalized spacial score (nSPS) is 11.1. The van der Waals surface area contributed by atoms with Crippen LogP contribution in [-0.4, -0.2) is 20.8 Å². The molecule has 0 spiro atoms. The molecule has 0 aliphatic rings. The summed E-state index contributed by atoms with van der Waals surface area (Å²) in [5, 5.41) is 20.0. The third-order valence-electron chi connectivity index (χ3n) is 3.45. The zero-order valence-corrected chi connectivity index (χ0v) is 13.0. The van der Waals surface area contributed by atoms with Crippen LogP contribution in [0.3, 0.4) is 0 Å². The molecule has 24 heavy (non-hydrogen) atoms. The van der Waals surface area contributed by atoms with E-state index in [2.05, 4.69) is 15.0 Å². The van der Waals surface area contributed by atoms with Crippen LogP contribution in [0.2, 0.25) is 0 Å². The zero-order chi connectivity index (χ0) is 16.9. The number of pyridine rings is 2. The quantitative estimate of drug-likeness (QED) is 0.745. The van der Waals surface area contributed by atoms with Crippen LogP contribution in [0.15, 0.2) is 65.9 Å². The van der Waals surface area contributed by atoms with Crippen LogP contribution in [0.5, 0.6) is 5.75 Å². The van der Waals surface area contributed by atoms with Gasteiger partial charge >= 0.3 is 0 Å². The van der Waals surface area contributed by atoms with Crippen molar-refractivity contribution in [2.24, 2.45) is 4.99 Å². The van der Waals surface area contributed by atoms with E-state index in [4.69, 9.17) is 0 Å². The Kier molecular flexibility index (Phi) is 4.30. The number of nitrogens with zero attached hydrogens (tertiary/aromatic N) is 4. The summed E-state index contributed by atoms with van der Waals surface area (Å²) in [7, 11) is 0. The zero-order valence-electron chi connectivity index (χ0n) is 13.0. The van der Waals surface area contributed by atoms with Crippen molar-refractivity contribution in [3.63, 3.8) is 0 Å². The highest BCUT2D eigenvalue weighted by atomic mass is 16.3. The predicted molar refractivity (Wildman–Crippen MR) is 92.1 cm³/mol. The molecule has 0 unspecified atom stereocenters. The Morgan fingerprint density at radius 3 is 2.54 bits per heavy atom. The molecule has 0 amide bonds. The number of benzene rings is 1. The van der Waals surface area contributed by atoms with Gasteiger partial charge in [-0.25, -0.2) is 4.99 Å². The van der Waals surface area contributed by atoms with Gasteiger partial charge < -0.3 is 5.11 Å². The first kappa shape index (κ1) is 15.4. The highest BCUT2D eigenvalue weighted by Gasteiger charge is 2.15. The molecule has 0 bridgehead atoms. The minimum atomic E-state index is -0.0701. The van der Waals surface area contributed by atoms with Crippen LogP contribution >= 0.6 is 0 Å². The van der Waals surface area contributed by atoms with E-state index in [9.17, 15) is 10.4 Å². The molecule has 5 nitrogen and oxygen atoms in total. The lowest BCUT2D eigenvalue weighted by atomic mass is 10.1. The van der Waals surface area contributed by atoms with Crippen molar-refractivity contribution in [1.29, 1.82) is 5.26 Å². The Balaban J connectivity index is 2.11. The summed E-state index contributed by atoms with van der Waals surface area (Å²) in [5.41, 5.74) is 3.07. The average molecular weight is 314 g/mol. The van der Waals surface area contributed by atoms with E-state index in [0.29, 0.717) is 16.9 Å². The number of aliphatic imine (C=N–C) groups is 1. The van der Waals surface area contributed by atoms with Crippen LogP contribution < -0.4 is 0 Å². The molecule has 2 aromatic heterocycles. The second-order valence-corrected chi connectivity index (χ2v) is 5.15. The molecule has 1 aromatic carbocycles. The third-order valence-corrected chi connectivity index (χ3v) is 3.45. The molecule has 0 radical (unpaired) electrons. The fourth-order valence-electron chi connectivity index (χ4n) is 2.33. The Morgan fingerprint density at radius 2 is 1.83 bits per heavy atom. The summed E-state index contributed by atoms with van der Waals surface area (Å²) in [4.78, 5) is 12.7.